The number of alkyl halides is 3. The number of carboxylic acids is 1. The Kier molecular flexibility index (Phi) is 3.20. The van der Waals surface area contributed by atoms with Crippen LogP contribution in [0.3, 0.4) is 0 Å². The van der Waals surface area contributed by atoms with Crippen LogP contribution in [0.4, 0.5) is 13.2 Å². The number of rotatable bonds is 3. The molecule has 0 amide bonds. The van der Waals surface area contributed by atoms with E-state index >= 15 is 0 Å². The van der Waals surface area contributed by atoms with Gasteiger partial charge in [-0.1, -0.05) is 11.5 Å². The van der Waals surface area contributed by atoms with Crippen molar-refractivity contribution in [3.63, 3.8) is 0 Å². The number of carbonyl (C=O) groups is 1. The molecule has 0 radical (unpaired) electrons. The second-order valence-electron chi connectivity index (χ2n) is 2.94. The zero-order valence-corrected chi connectivity index (χ0v) is 7.56. The maximum absolute atomic E-state index is 12.2. The van der Waals surface area contributed by atoms with Crippen molar-refractivity contribution in [3.8, 4) is 0 Å². The molecule has 0 aromatic heterocycles. The summed E-state index contributed by atoms with van der Waals surface area (Å²) in [6.07, 6.45) is -2.41. The van der Waals surface area contributed by atoms with Crippen LogP contribution in [0.25, 0.3) is 0 Å². The van der Waals surface area contributed by atoms with Crippen molar-refractivity contribution in [2.75, 3.05) is 0 Å². The SMILES string of the molecule is O=C(O)CCC1=CC(C(F)(F)F)=C=C=C1. The van der Waals surface area contributed by atoms with E-state index in [9.17, 15) is 18.0 Å². The summed E-state index contributed by atoms with van der Waals surface area (Å²) in [6, 6.07) is 0. The lowest BCUT2D eigenvalue weighted by Crippen LogP contribution is -2.10. The Morgan fingerprint density at radius 1 is 1.47 bits per heavy atom. The molecule has 0 saturated carbocycles. The molecule has 2 nitrogen and oxygen atoms in total. The maximum Gasteiger partial charge on any atom is 0.424 e. The van der Waals surface area contributed by atoms with Gasteiger partial charge in [-0.3, -0.25) is 4.79 Å². The molecule has 0 heterocycles. The fourth-order valence-corrected chi connectivity index (χ4v) is 1.02. The van der Waals surface area contributed by atoms with Crippen molar-refractivity contribution in [3.05, 3.63) is 34.8 Å². The lowest BCUT2D eigenvalue weighted by atomic mass is 10.0. The summed E-state index contributed by atoms with van der Waals surface area (Å²) in [5.41, 5.74) is 3.53. The third-order valence-corrected chi connectivity index (χ3v) is 1.73. The number of allylic oxidation sites excluding steroid dienone is 4. The molecule has 0 aromatic rings. The summed E-state index contributed by atoms with van der Waals surface area (Å²) in [7, 11) is 0. The minimum Gasteiger partial charge on any atom is -0.481 e. The van der Waals surface area contributed by atoms with Crippen LogP contribution < -0.4 is 0 Å². The summed E-state index contributed by atoms with van der Waals surface area (Å²) in [5.74, 6) is -1.05. The highest BCUT2D eigenvalue weighted by molar-refractivity contribution is 5.67. The Balaban J connectivity index is 2.76. The third kappa shape index (κ3) is 3.50. The predicted molar refractivity (Wildman–Crippen MR) is 46.1 cm³/mol. The summed E-state index contributed by atoms with van der Waals surface area (Å²) in [6.45, 7) is 0. The molecule has 0 atom stereocenters. The monoisotopic (exact) mass is 216 g/mol. The Bertz CT molecular complexity index is 403. The van der Waals surface area contributed by atoms with E-state index in [-0.39, 0.29) is 12.8 Å². The van der Waals surface area contributed by atoms with Gasteiger partial charge < -0.3 is 5.11 Å². The summed E-state index contributed by atoms with van der Waals surface area (Å²) in [4.78, 5) is 10.2. The van der Waals surface area contributed by atoms with Gasteiger partial charge in [-0.05, 0) is 24.1 Å². The minimum absolute atomic E-state index is 0.0591. The molecule has 1 N–H and O–H groups in total. The fraction of sp³-hybridized carbons (Fsp3) is 0.300. The zero-order chi connectivity index (χ0) is 11.5. The molecule has 0 aliphatic heterocycles. The molecule has 0 bridgehead atoms. The lowest BCUT2D eigenvalue weighted by Gasteiger charge is -2.07. The van der Waals surface area contributed by atoms with Gasteiger partial charge >= 0.3 is 12.1 Å². The molecule has 0 saturated heterocycles. The van der Waals surface area contributed by atoms with Crippen molar-refractivity contribution >= 4 is 5.97 Å². The summed E-state index contributed by atoms with van der Waals surface area (Å²) >= 11 is 0. The van der Waals surface area contributed by atoms with E-state index in [1.54, 1.807) is 0 Å². The van der Waals surface area contributed by atoms with Crippen molar-refractivity contribution in [1.82, 2.24) is 0 Å². The molecule has 15 heavy (non-hydrogen) atoms. The van der Waals surface area contributed by atoms with Gasteiger partial charge in [0.15, 0.2) is 0 Å². The molecule has 1 aliphatic rings. The predicted octanol–water partition coefficient (Wildman–Crippen LogP) is 2.59. The zero-order valence-electron chi connectivity index (χ0n) is 7.56. The Labute approximate surface area is 83.7 Å². The second kappa shape index (κ2) is 4.22. The van der Waals surface area contributed by atoms with Gasteiger partial charge in [-0.2, -0.15) is 13.2 Å². The molecule has 80 valence electrons. The van der Waals surface area contributed by atoms with Gasteiger partial charge in [-0.15, -0.1) is 0 Å². The van der Waals surface area contributed by atoms with Crippen LogP contribution in [0.5, 0.6) is 0 Å². The molecule has 0 aromatic carbocycles. The van der Waals surface area contributed by atoms with E-state index in [4.69, 9.17) is 5.11 Å². The summed E-state index contributed by atoms with van der Waals surface area (Å²) < 4.78 is 36.6. The largest absolute Gasteiger partial charge is 0.481 e. The number of halogens is 3. The quantitative estimate of drug-likeness (QED) is 0.736. The number of aliphatic carboxylic acids is 1. The molecule has 0 unspecified atom stereocenters. The highest BCUT2D eigenvalue weighted by atomic mass is 19.4. The van der Waals surface area contributed by atoms with E-state index in [2.05, 4.69) is 5.73 Å². The molecule has 1 rings (SSSR count). The minimum atomic E-state index is -4.46. The Hall–Kier alpha value is -1.70. The highest BCUT2D eigenvalue weighted by Gasteiger charge is 2.32. The normalized spacial score (nSPS) is 14.9. The summed E-state index contributed by atoms with van der Waals surface area (Å²) in [5, 5.41) is 8.36. The topological polar surface area (TPSA) is 37.3 Å². The maximum atomic E-state index is 12.2. The molecule has 0 spiro atoms. The first-order valence-electron chi connectivity index (χ1n) is 4.11. The van der Waals surface area contributed by atoms with Crippen LogP contribution in [-0.4, -0.2) is 17.3 Å². The van der Waals surface area contributed by atoms with E-state index in [1.165, 1.54) is 6.08 Å². The third-order valence-electron chi connectivity index (χ3n) is 1.73. The molecule has 0 fully saturated rings. The van der Waals surface area contributed by atoms with Gasteiger partial charge in [0.1, 0.15) is 5.57 Å². The van der Waals surface area contributed by atoms with Crippen LogP contribution in [0.1, 0.15) is 12.8 Å². The van der Waals surface area contributed by atoms with Gasteiger partial charge in [0.05, 0.1) is 0 Å². The standard InChI is InChI=1S/C10H7F3O2/c11-10(12,13)8-3-1-2-7(6-8)4-5-9(14)15/h2,6H,4-5H2,(H,14,15). The van der Waals surface area contributed by atoms with E-state index in [1.807, 2.05) is 5.73 Å². The van der Waals surface area contributed by atoms with E-state index < -0.39 is 17.7 Å². The van der Waals surface area contributed by atoms with Gasteiger partial charge in [0, 0.05) is 6.42 Å². The van der Waals surface area contributed by atoms with Crippen LogP contribution in [0.15, 0.2) is 34.8 Å². The second-order valence-corrected chi connectivity index (χ2v) is 2.94. The van der Waals surface area contributed by atoms with Crippen LogP contribution in [0, 0.1) is 0 Å². The Morgan fingerprint density at radius 2 is 2.13 bits per heavy atom. The van der Waals surface area contributed by atoms with Gasteiger partial charge in [0.25, 0.3) is 0 Å². The fourth-order valence-electron chi connectivity index (χ4n) is 1.02. The first-order chi connectivity index (χ1) is 6.89. The first-order valence-corrected chi connectivity index (χ1v) is 4.11. The van der Waals surface area contributed by atoms with Crippen molar-refractivity contribution in [2.24, 2.45) is 0 Å². The first kappa shape index (κ1) is 11.4. The number of hydrogen-bond donors (Lipinski definition) is 1. The van der Waals surface area contributed by atoms with Crippen LogP contribution in [-0.2, 0) is 4.79 Å². The number of carboxylic acid groups (broad SMARTS) is 1. The van der Waals surface area contributed by atoms with E-state index in [0.717, 1.165) is 6.08 Å². The van der Waals surface area contributed by atoms with Crippen molar-refractivity contribution in [2.45, 2.75) is 19.0 Å². The van der Waals surface area contributed by atoms with E-state index in [0.29, 0.717) is 5.57 Å². The average molecular weight is 216 g/mol. The van der Waals surface area contributed by atoms with Crippen molar-refractivity contribution < 1.29 is 23.1 Å². The Morgan fingerprint density at radius 3 is 2.67 bits per heavy atom. The average Bonchev–Trinajstić information content (AvgIpc) is 2.14. The van der Waals surface area contributed by atoms with Gasteiger partial charge in [-0.25, -0.2) is 0 Å². The number of hydrogen-bond acceptors (Lipinski definition) is 1. The lowest BCUT2D eigenvalue weighted by molar-refractivity contribution is -0.136. The van der Waals surface area contributed by atoms with Crippen molar-refractivity contribution in [1.29, 1.82) is 0 Å². The molecule has 1 aliphatic carbocycles. The molecular formula is C10H7F3O2. The molecular weight excluding hydrogens is 209 g/mol. The van der Waals surface area contributed by atoms with Crippen LogP contribution in [0.2, 0.25) is 0 Å². The smallest absolute Gasteiger partial charge is 0.424 e. The van der Waals surface area contributed by atoms with Crippen LogP contribution >= 0.6 is 0 Å². The van der Waals surface area contributed by atoms with Gasteiger partial charge in [0.2, 0.25) is 0 Å². The highest BCUT2D eigenvalue weighted by Crippen LogP contribution is 2.28. The molecule has 5 heteroatoms.